The van der Waals surface area contributed by atoms with E-state index < -0.39 is 0 Å². The Kier molecular flexibility index (Phi) is 3.39. The van der Waals surface area contributed by atoms with Gasteiger partial charge in [-0.15, -0.1) is 0 Å². The van der Waals surface area contributed by atoms with E-state index in [2.05, 4.69) is 9.97 Å². The second-order valence-corrected chi connectivity index (χ2v) is 5.53. The molecule has 5 heteroatoms. The normalized spacial score (nSPS) is 11.0. The zero-order valence-electron chi connectivity index (χ0n) is 12.8. The number of imidazole rings is 1. The molecule has 0 saturated carbocycles. The molecule has 0 spiro atoms. The maximum absolute atomic E-state index is 10.1. The fourth-order valence-electron chi connectivity index (χ4n) is 2.81. The molecule has 0 aliphatic rings. The van der Waals surface area contributed by atoms with E-state index in [9.17, 15) is 10.2 Å². The molecule has 5 nitrogen and oxygen atoms in total. The van der Waals surface area contributed by atoms with E-state index >= 15 is 0 Å². The van der Waals surface area contributed by atoms with Crippen molar-refractivity contribution in [2.75, 3.05) is 0 Å². The molecule has 0 bridgehead atoms. The molecular formula is C19H15N3O2. The van der Waals surface area contributed by atoms with Crippen molar-refractivity contribution >= 4 is 11.2 Å². The van der Waals surface area contributed by atoms with Gasteiger partial charge in [-0.1, -0.05) is 24.3 Å². The Bertz CT molecular complexity index is 1020. The first-order valence-electron chi connectivity index (χ1n) is 7.61. The summed E-state index contributed by atoms with van der Waals surface area (Å²) in [6.07, 6.45) is 2.17. The van der Waals surface area contributed by atoms with Crippen molar-refractivity contribution < 1.29 is 10.2 Å². The van der Waals surface area contributed by atoms with Gasteiger partial charge >= 0.3 is 0 Å². The molecule has 4 aromatic rings. The van der Waals surface area contributed by atoms with Crippen LogP contribution in [0.3, 0.4) is 0 Å². The number of pyridine rings is 1. The molecule has 0 aliphatic carbocycles. The molecular weight excluding hydrogens is 302 g/mol. The van der Waals surface area contributed by atoms with Gasteiger partial charge in [0.1, 0.15) is 22.8 Å². The summed E-state index contributed by atoms with van der Waals surface area (Å²) in [7, 11) is 0. The number of benzene rings is 2. The minimum Gasteiger partial charge on any atom is -0.508 e. The number of hydrogen-bond acceptors (Lipinski definition) is 4. The highest BCUT2D eigenvalue weighted by atomic mass is 16.3. The molecule has 2 aromatic heterocycles. The zero-order chi connectivity index (χ0) is 16.5. The Morgan fingerprint density at radius 2 is 1.79 bits per heavy atom. The highest BCUT2D eigenvalue weighted by Gasteiger charge is 2.15. The van der Waals surface area contributed by atoms with Gasteiger partial charge < -0.3 is 10.2 Å². The largest absolute Gasteiger partial charge is 0.508 e. The number of aromatic hydroxyl groups is 2. The van der Waals surface area contributed by atoms with Crippen LogP contribution in [0, 0.1) is 0 Å². The van der Waals surface area contributed by atoms with E-state index in [0.717, 1.165) is 22.6 Å². The van der Waals surface area contributed by atoms with Crippen molar-refractivity contribution in [3.8, 4) is 17.2 Å². The summed E-state index contributed by atoms with van der Waals surface area (Å²) < 4.78 is 1.90. The van der Waals surface area contributed by atoms with Crippen LogP contribution in [0.5, 0.6) is 11.5 Å². The van der Waals surface area contributed by atoms with E-state index in [0.29, 0.717) is 12.1 Å². The molecule has 4 rings (SSSR count). The second-order valence-electron chi connectivity index (χ2n) is 5.53. The van der Waals surface area contributed by atoms with Crippen LogP contribution in [0.25, 0.3) is 16.9 Å². The lowest BCUT2D eigenvalue weighted by Crippen LogP contribution is -2.03. The van der Waals surface area contributed by atoms with E-state index in [-0.39, 0.29) is 11.5 Å². The van der Waals surface area contributed by atoms with Crippen LogP contribution < -0.4 is 0 Å². The Morgan fingerprint density at radius 3 is 2.62 bits per heavy atom. The van der Waals surface area contributed by atoms with Crippen molar-refractivity contribution in [3.63, 3.8) is 0 Å². The average molecular weight is 317 g/mol. The maximum Gasteiger partial charge on any atom is 0.164 e. The molecule has 0 radical (unpaired) electrons. The summed E-state index contributed by atoms with van der Waals surface area (Å²) in [5.41, 5.74) is 3.05. The van der Waals surface area contributed by atoms with Gasteiger partial charge in [-0.2, -0.15) is 0 Å². The van der Waals surface area contributed by atoms with E-state index in [1.165, 1.54) is 0 Å². The molecule has 0 unspecified atom stereocenters. The molecule has 0 saturated heterocycles. The van der Waals surface area contributed by atoms with Gasteiger partial charge in [0.25, 0.3) is 0 Å². The first kappa shape index (κ1) is 14.3. The van der Waals surface area contributed by atoms with Gasteiger partial charge in [-0.05, 0) is 30.3 Å². The third-order valence-electron chi connectivity index (χ3n) is 3.91. The van der Waals surface area contributed by atoms with Gasteiger partial charge in [0.05, 0.1) is 5.69 Å². The quantitative estimate of drug-likeness (QED) is 0.607. The molecule has 118 valence electrons. The first-order valence-corrected chi connectivity index (χ1v) is 7.61. The zero-order valence-corrected chi connectivity index (χ0v) is 12.8. The van der Waals surface area contributed by atoms with E-state index in [1.807, 2.05) is 34.9 Å². The maximum atomic E-state index is 10.1. The van der Waals surface area contributed by atoms with Crippen LogP contribution >= 0.6 is 0 Å². The predicted octanol–water partition coefficient (Wildman–Crippen LogP) is 3.42. The summed E-state index contributed by atoms with van der Waals surface area (Å²) in [6, 6.07) is 17.9. The minimum absolute atomic E-state index is 0.179. The van der Waals surface area contributed by atoms with Gasteiger partial charge in [-0.25, -0.2) is 9.97 Å². The lowest BCUT2D eigenvalue weighted by atomic mass is 10.1. The molecule has 2 aromatic carbocycles. The SMILES string of the molecule is Oc1cccc(-n2c(Cc3ccccc3O)nc3cccnc32)c1. The fourth-order valence-corrected chi connectivity index (χ4v) is 2.81. The molecule has 0 atom stereocenters. The minimum atomic E-state index is 0.179. The highest BCUT2D eigenvalue weighted by molar-refractivity contribution is 5.74. The number of rotatable bonds is 3. The fraction of sp³-hybridized carbons (Fsp3) is 0.0526. The summed E-state index contributed by atoms with van der Waals surface area (Å²) in [4.78, 5) is 9.09. The van der Waals surface area contributed by atoms with Crippen molar-refractivity contribution in [1.29, 1.82) is 0 Å². The molecule has 2 N–H and O–H groups in total. The summed E-state index contributed by atoms with van der Waals surface area (Å²) >= 11 is 0. The van der Waals surface area contributed by atoms with Crippen LogP contribution in [-0.4, -0.2) is 24.7 Å². The monoisotopic (exact) mass is 317 g/mol. The number of phenols is 2. The Balaban J connectivity index is 1.92. The van der Waals surface area contributed by atoms with Crippen LogP contribution in [0.4, 0.5) is 0 Å². The van der Waals surface area contributed by atoms with E-state index in [4.69, 9.17) is 0 Å². The number of hydrogen-bond donors (Lipinski definition) is 2. The van der Waals surface area contributed by atoms with Gasteiger partial charge in [0, 0.05) is 24.2 Å². The first-order chi connectivity index (χ1) is 11.7. The number of para-hydroxylation sites is 1. The van der Waals surface area contributed by atoms with Gasteiger partial charge in [0.15, 0.2) is 5.65 Å². The molecule has 0 amide bonds. The average Bonchev–Trinajstić information content (AvgIpc) is 2.95. The van der Waals surface area contributed by atoms with Crippen molar-refractivity contribution in [1.82, 2.24) is 14.5 Å². The smallest absolute Gasteiger partial charge is 0.164 e. The molecule has 2 heterocycles. The lowest BCUT2D eigenvalue weighted by Gasteiger charge is -2.10. The van der Waals surface area contributed by atoms with Gasteiger partial charge in [0.2, 0.25) is 0 Å². The third kappa shape index (κ3) is 2.46. The number of fused-ring (bicyclic) bond motifs is 1. The number of nitrogens with zero attached hydrogens (tertiary/aromatic N) is 3. The van der Waals surface area contributed by atoms with Crippen LogP contribution in [-0.2, 0) is 6.42 Å². The lowest BCUT2D eigenvalue weighted by molar-refractivity contribution is 0.468. The van der Waals surface area contributed by atoms with Gasteiger partial charge in [-0.3, -0.25) is 4.57 Å². The highest BCUT2D eigenvalue weighted by Crippen LogP contribution is 2.26. The second kappa shape index (κ2) is 5.70. The van der Waals surface area contributed by atoms with Crippen LogP contribution in [0.2, 0.25) is 0 Å². The van der Waals surface area contributed by atoms with Crippen LogP contribution in [0.1, 0.15) is 11.4 Å². The predicted molar refractivity (Wildman–Crippen MR) is 91.4 cm³/mol. The van der Waals surface area contributed by atoms with Crippen LogP contribution in [0.15, 0.2) is 66.9 Å². The Hall–Kier alpha value is -3.34. The standard InChI is InChI=1S/C19H15N3O2/c23-15-7-3-6-14(12-15)22-18(11-13-5-1-2-9-17(13)24)21-16-8-4-10-20-19(16)22/h1-10,12,23-24H,11H2. The molecule has 24 heavy (non-hydrogen) atoms. The summed E-state index contributed by atoms with van der Waals surface area (Å²) in [5.74, 6) is 1.16. The van der Waals surface area contributed by atoms with Crippen molar-refractivity contribution in [2.24, 2.45) is 0 Å². The molecule has 0 aliphatic heterocycles. The molecule has 0 fully saturated rings. The number of phenolic OH excluding ortho intramolecular Hbond substituents is 2. The topological polar surface area (TPSA) is 71.2 Å². The summed E-state index contributed by atoms with van der Waals surface area (Å²) in [6.45, 7) is 0. The van der Waals surface area contributed by atoms with E-state index in [1.54, 1.807) is 36.5 Å². The van der Waals surface area contributed by atoms with Crippen molar-refractivity contribution in [3.05, 3.63) is 78.2 Å². The summed E-state index contributed by atoms with van der Waals surface area (Å²) in [5, 5.41) is 19.9. The van der Waals surface area contributed by atoms with Crippen molar-refractivity contribution in [2.45, 2.75) is 6.42 Å². The Morgan fingerprint density at radius 1 is 0.917 bits per heavy atom. The Labute approximate surface area is 138 Å². The number of aromatic nitrogens is 3. The third-order valence-corrected chi connectivity index (χ3v) is 3.91.